The molecule has 0 aliphatic rings. The SMILES string of the molecule is C.Cc1ccc(-c2nc3cncc(N)c3nc2-c2ccc(O)c(O)c2)cc1O.Cc1ccc(-c2nc3ncnc(N)c3nc2-c2ccc(O)cc2)cc1.Nc1nc(N)c2nc(-c3ccc(O)c(O)c3)c(-c3ccc(O)c(O)c3)nc2n1.Nc1nc(N)c2nc(-c3cccc(O)c3)c(-c3cccc(O)c3)nc2n1.Nc1ncnc2nc(-c3ccc(O)c(O)c3)c(-c3ccc(O)c(O)c3)nc12. The summed E-state index contributed by atoms with van der Waals surface area (Å²) < 4.78 is 0. The molecule has 0 radical (unpaired) electrons. The smallest absolute Gasteiger partial charge is 0.224 e. The van der Waals surface area contributed by atoms with E-state index in [1.54, 1.807) is 116 Å². The summed E-state index contributed by atoms with van der Waals surface area (Å²) in [5.74, 6) is -1.99. The number of fused-ring (bicyclic) bond motifs is 5. The number of benzene rings is 10. The topological polar surface area (TPSA) is 710 Å². The van der Waals surface area contributed by atoms with Gasteiger partial charge in [-0.1, -0.05) is 73.7 Å². The fourth-order valence-electron chi connectivity index (χ4n) is 13.5. The van der Waals surface area contributed by atoms with E-state index >= 15 is 0 Å². The second-order valence-electron chi connectivity index (χ2n) is 29.4. The third kappa shape index (κ3) is 18.7. The van der Waals surface area contributed by atoms with Crippen LogP contribution in [0.1, 0.15) is 18.6 Å². The Morgan fingerprint density at radius 2 is 0.522 bits per heavy atom. The largest absolute Gasteiger partial charge is 0.508 e. The minimum Gasteiger partial charge on any atom is -0.508 e. The molecule has 0 saturated heterocycles. The molecule has 134 heavy (non-hydrogen) atoms. The van der Waals surface area contributed by atoms with Crippen LogP contribution >= 0.6 is 0 Å². The highest BCUT2D eigenvalue weighted by Gasteiger charge is 2.25. The van der Waals surface area contributed by atoms with Crippen LogP contribution in [0.2, 0.25) is 0 Å². The minimum absolute atomic E-state index is 0. The number of phenolic OH excluding ortho intramolecular Hbond substituents is 14. The quantitative estimate of drug-likeness (QED) is 0.0565. The number of nitrogens with zero attached hydrogens (tertiary/aromatic N) is 19. The van der Waals surface area contributed by atoms with Crippen LogP contribution in [-0.4, -0.2) is 166 Å². The highest BCUT2D eigenvalue weighted by Crippen LogP contribution is 2.44. The number of hydrogen-bond donors (Lipinski definition) is 21. The van der Waals surface area contributed by atoms with Gasteiger partial charge in [-0.2, -0.15) is 19.9 Å². The van der Waals surface area contributed by atoms with E-state index in [0.717, 1.165) is 22.3 Å². The molecule has 10 heterocycles. The van der Waals surface area contributed by atoms with E-state index in [-0.39, 0.29) is 162 Å². The molecule has 28 N–H and O–H groups in total. The number of anilines is 7. The van der Waals surface area contributed by atoms with Crippen LogP contribution in [0.4, 0.5) is 40.9 Å². The first-order valence-electron chi connectivity index (χ1n) is 39.4. The molecule has 40 heteroatoms. The Kier molecular flexibility index (Phi) is 24.6. The summed E-state index contributed by atoms with van der Waals surface area (Å²) in [6, 6.07) is 54.4. The number of pyridine rings is 1. The van der Waals surface area contributed by atoms with Gasteiger partial charge in [0.2, 0.25) is 11.9 Å². The first kappa shape index (κ1) is 89.0. The Balaban J connectivity index is 0.000000128. The summed E-state index contributed by atoms with van der Waals surface area (Å²) in [5.41, 5.74) is 57.0. The first-order chi connectivity index (χ1) is 63.8. The zero-order valence-electron chi connectivity index (χ0n) is 69.2. The number of nitrogen functional groups attached to an aromatic ring is 7. The molecule has 0 fully saturated rings. The maximum Gasteiger partial charge on any atom is 0.224 e. The maximum atomic E-state index is 10.1. The van der Waals surface area contributed by atoms with Gasteiger partial charge in [-0.25, -0.2) is 69.8 Å². The number of aromatic nitrogens is 19. The predicted molar refractivity (Wildman–Crippen MR) is 503 cm³/mol. The van der Waals surface area contributed by atoms with E-state index in [1.165, 1.54) is 91.6 Å². The number of nitrogens with two attached hydrogens (primary N) is 7. The van der Waals surface area contributed by atoms with Crippen LogP contribution < -0.4 is 40.1 Å². The fourth-order valence-corrected chi connectivity index (χ4v) is 13.5. The lowest BCUT2D eigenvalue weighted by molar-refractivity contribution is 0.404. The molecular weight excluding hydrogens is 1720 g/mol. The van der Waals surface area contributed by atoms with Crippen LogP contribution in [0.25, 0.3) is 168 Å². The Morgan fingerprint density at radius 3 is 0.888 bits per heavy atom. The monoisotopic (exact) mass is 1790 g/mol. The molecule has 0 aliphatic carbocycles. The van der Waals surface area contributed by atoms with E-state index < -0.39 is 0 Å². The Bertz CT molecular complexity index is 7810. The van der Waals surface area contributed by atoms with Crippen LogP contribution in [-0.2, 0) is 0 Å². The number of hydrogen-bond acceptors (Lipinski definition) is 40. The van der Waals surface area contributed by atoms with Gasteiger partial charge in [0.25, 0.3) is 0 Å². The Labute approximate surface area is 755 Å². The van der Waals surface area contributed by atoms with Crippen molar-refractivity contribution in [3.05, 3.63) is 242 Å². The number of aryl methyl sites for hydroxylation is 2. The van der Waals surface area contributed by atoms with Crippen molar-refractivity contribution in [2.75, 3.05) is 40.1 Å². The fraction of sp³-hybridized carbons (Fsp3) is 0.0319. The van der Waals surface area contributed by atoms with Crippen LogP contribution in [0.3, 0.4) is 0 Å². The molecule has 0 atom stereocenters. The van der Waals surface area contributed by atoms with E-state index in [9.17, 15) is 71.5 Å². The van der Waals surface area contributed by atoms with Gasteiger partial charge in [0, 0.05) is 55.6 Å². The summed E-state index contributed by atoms with van der Waals surface area (Å²) in [7, 11) is 0. The molecule has 666 valence electrons. The predicted octanol–water partition coefficient (Wildman–Crippen LogP) is 13.6. The van der Waals surface area contributed by atoms with Gasteiger partial charge < -0.3 is 112 Å². The normalized spacial score (nSPS) is 10.9. The molecule has 0 unspecified atom stereocenters. The summed E-state index contributed by atoms with van der Waals surface area (Å²) in [5, 5.41) is 137. The lowest BCUT2D eigenvalue weighted by atomic mass is 10.0. The minimum atomic E-state index is -0.347. The number of phenols is 14. The zero-order valence-corrected chi connectivity index (χ0v) is 69.2. The van der Waals surface area contributed by atoms with Crippen molar-refractivity contribution in [1.29, 1.82) is 0 Å². The second-order valence-corrected chi connectivity index (χ2v) is 29.4. The van der Waals surface area contributed by atoms with Crippen LogP contribution in [0, 0.1) is 13.8 Å². The van der Waals surface area contributed by atoms with Gasteiger partial charge in [0.1, 0.15) is 46.7 Å². The van der Waals surface area contributed by atoms with E-state index in [4.69, 9.17) is 40.1 Å². The van der Waals surface area contributed by atoms with Crippen molar-refractivity contribution in [1.82, 2.24) is 94.7 Å². The lowest BCUT2D eigenvalue weighted by Crippen LogP contribution is -2.05. The molecule has 0 saturated carbocycles. The van der Waals surface area contributed by atoms with Crippen molar-refractivity contribution in [2.24, 2.45) is 0 Å². The second kappa shape index (κ2) is 37.0. The molecule has 10 aromatic heterocycles. The van der Waals surface area contributed by atoms with Gasteiger partial charge in [0.05, 0.1) is 75.0 Å². The van der Waals surface area contributed by atoms with Crippen molar-refractivity contribution < 1.29 is 71.5 Å². The molecule has 20 rings (SSSR count). The van der Waals surface area contributed by atoms with Crippen LogP contribution in [0.15, 0.2) is 231 Å². The lowest BCUT2D eigenvalue weighted by Gasteiger charge is -2.12. The van der Waals surface area contributed by atoms with E-state index in [0.29, 0.717) is 123 Å². The molecule has 0 amide bonds. The zero-order chi connectivity index (χ0) is 93.9. The average molecular weight is 1790 g/mol. The van der Waals surface area contributed by atoms with Crippen molar-refractivity contribution in [3.8, 4) is 193 Å². The third-order valence-electron chi connectivity index (χ3n) is 20.2. The first-order valence-corrected chi connectivity index (χ1v) is 39.4. The third-order valence-corrected chi connectivity index (χ3v) is 20.2. The number of aromatic hydroxyl groups is 14. The van der Waals surface area contributed by atoms with Crippen molar-refractivity contribution >= 4 is 96.5 Å². The van der Waals surface area contributed by atoms with Gasteiger partial charge in [-0.05, 0) is 165 Å². The van der Waals surface area contributed by atoms with Gasteiger partial charge in [-0.3, -0.25) is 4.98 Å². The Hall–Kier alpha value is -19.8. The average Bonchev–Trinajstić information content (AvgIpc) is 0.407. The van der Waals surface area contributed by atoms with Gasteiger partial charge in [-0.15, -0.1) is 0 Å². The van der Waals surface area contributed by atoms with Crippen molar-refractivity contribution in [2.45, 2.75) is 21.3 Å². The molecule has 0 spiro atoms. The molecular formula is C94H76N26O14. The summed E-state index contributed by atoms with van der Waals surface area (Å²) in [6.45, 7) is 3.83. The van der Waals surface area contributed by atoms with E-state index in [2.05, 4.69) is 94.7 Å². The highest BCUT2D eigenvalue weighted by molar-refractivity contribution is 5.96. The molecule has 20 aromatic rings. The summed E-state index contributed by atoms with van der Waals surface area (Å²) >= 11 is 0. The van der Waals surface area contributed by atoms with E-state index in [1.807, 2.05) is 37.3 Å². The summed E-state index contributed by atoms with van der Waals surface area (Å²) in [6.07, 6.45) is 5.70. The van der Waals surface area contributed by atoms with Crippen molar-refractivity contribution in [3.63, 3.8) is 0 Å². The Morgan fingerprint density at radius 1 is 0.224 bits per heavy atom. The van der Waals surface area contributed by atoms with Gasteiger partial charge in [0.15, 0.2) is 125 Å². The maximum absolute atomic E-state index is 10.1. The molecule has 0 bridgehead atoms. The van der Waals surface area contributed by atoms with Gasteiger partial charge >= 0.3 is 0 Å². The summed E-state index contributed by atoms with van der Waals surface area (Å²) in [4.78, 5) is 81.8. The molecule has 10 aromatic carbocycles. The highest BCUT2D eigenvalue weighted by atomic mass is 16.3. The number of rotatable bonds is 10. The molecule has 40 nitrogen and oxygen atoms in total. The van der Waals surface area contributed by atoms with Crippen LogP contribution in [0.5, 0.6) is 80.5 Å². The molecule has 0 aliphatic heterocycles. The standard InChI is InChI=1S/C20H16N4O3.C19H15N5O.C18H14N6O4.C18H14N6O2.C18H13N5O4.CH4/c1-10-2-3-11(6-16(10)26)18-19(12-4-5-15(25)17(27)7-12)24-20-13(21)8-22-9-14(20)23-18;1-11-2-4-12(5-3-11)16-15(13-6-8-14(25)9-7-13)23-17-18(20)21-10-22-19(17)24-16;19-16-15-17(24-18(20)23-16)22-14(8-2-4-10(26)12(28)6-8)13(21-15)7-1-3-9(25)11(27)5-7;19-16-15-17(24-18(20)23-16)22-14(10-4-2-6-12(26)8-10)13(21-15)9-3-1-5-11(25)7-9;19-17-16-18(21-7-20-17)23-15(9-2-4-11(25)13(27)6-9)14(22-16)8-1-3-10(24)12(26)5-8;/h2-9,25-27H,21H2,1H3;2-10,25H,1H3,(H2,20,21,22,24);1-6,25-28H,(H4,19,20,22,23,24);1-8,25-26H,(H4,19,20,22,23,24);1-7,24-27H,(H2,19,20,21,23);1H4.